The fourth-order valence-electron chi connectivity index (χ4n) is 1.67. The number of amides is 1. The molecule has 1 unspecified atom stereocenters. The number of halogens is 1. The van der Waals surface area contributed by atoms with E-state index in [1.807, 2.05) is 13.8 Å². The Labute approximate surface area is 119 Å². The topological polar surface area (TPSA) is 58.6 Å². The highest BCUT2D eigenvalue weighted by Gasteiger charge is 2.24. The number of nitrogens with one attached hydrogen (secondary N) is 1. The van der Waals surface area contributed by atoms with E-state index in [0.717, 1.165) is 0 Å². The molecule has 0 aliphatic rings. The van der Waals surface area contributed by atoms with Crippen molar-refractivity contribution in [1.29, 1.82) is 0 Å². The molecule has 0 saturated heterocycles. The van der Waals surface area contributed by atoms with Gasteiger partial charge in [0.1, 0.15) is 11.6 Å². The molecule has 4 nitrogen and oxygen atoms in total. The summed E-state index contributed by atoms with van der Waals surface area (Å²) in [6, 6.07) is 5.47. The van der Waals surface area contributed by atoms with Crippen molar-refractivity contribution < 1.29 is 19.0 Å². The molecule has 0 bridgehead atoms. The number of hydrogen-bond donors (Lipinski definition) is 2. The van der Waals surface area contributed by atoms with Crippen LogP contribution in [0.2, 0.25) is 0 Å². The Bertz CT molecular complexity index is 429. The third-order valence-corrected chi connectivity index (χ3v) is 3.40. The molecule has 5 heteroatoms. The van der Waals surface area contributed by atoms with Crippen LogP contribution >= 0.6 is 0 Å². The minimum Gasteiger partial charge on any atom is -0.481 e. The monoisotopic (exact) mass is 283 g/mol. The third kappa shape index (κ3) is 4.81. The molecule has 1 rings (SSSR count). The second-order valence-electron chi connectivity index (χ2n) is 4.86. The van der Waals surface area contributed by atoms with E-state index >= 15 is 0 Å². The van der Waals surface area contributed by atoms with E-state index in [0.29, 0.717) is 18.6 Å². The predicted octanol–water partition coefficient (Wildman–Crippen LogP) is 2.26. The predicted molar refractivity (Wildman–Crippen MR) is 75.0 cm³/mol. The van der Waals surface area contributed by atoms with Crippen molar-refractivity contribution in [3.05, 3.63) is 30.1 Å². The van der Waals surface area contributed by atoms with Gasteiger partial charge in [-0.25, -0.2) is 4.39 Å². The number of aliphatic hydroxyl groups is 1. The van der Waals surface area contributed by atoms with Gasteiger partial charge in [-0.1, -0.05) is 13.8 Å². The SMILES string of the molecule is CCC(O)(CC)CNC(=O)C(C)Oc1ccc(F)cc1. The number of benzene rings is 1. The van der Waals surface area contributed by atoms with Gasteiger partial charge in [-0.3, -0.25) is 4.79 Å². The van der Waals surface area contributed by atoms with Crippen molar-refractivity contribution in [1.82, 2.24) is 5.32 Å². The largest absolute Gasteiger partial charge is 0.481 e. The normalized spacial score (nSPS) is 12.8. The summed E-state index contributed by atoms with van der Waals surface area (Å²) in [5.74, 6) is -0.240. The number of hydrogen-bond acceptors (Lipinski definition) is 3. The molecule has 112 valence electrons. The summed E-state index contributed by atoms with van der Waals surface area (Å²) in [6.07, 6.45) is 0.423. The van der Waals surface area contributed by atoms with Gasteiger partial charge in [0.25, 0.3) is 5.91 Å². The van der Waals surface area contributed by atoms with Crippen molar-refractivity contribution in [3.8, 4) is 5.75 Å². The molecular weight excluding hydrogens is 261 g/mol. The molecule has 1 atom stereocenters. The quantitative estimate of drug-likeness (QED) is 0.807. The molecule has 20 heavy (non-hydrogen) atoms. The molecule has 2 N–H and O–H groups in total. The minimum atomic E-state index is -0.884. The third-order valence-electron chi connectivity index (χ3n) is 3.40. The molecule has 1 aromatic rings. The van der Waals surface area contributed by atoms with Gasteiger partial charge in [-0.15, -0.1) is 0 Å². The van der Waals surface area contributed by atoms with E-state index in [-0.39, 0.29) is 18.3 Å². The highest BCUT2D eigenvalue weighted by atomic mass is 19.1. The van der Waals surface area contributed by atoms with Crippen LogP contribution in [0.25, 0.3) is 0 Å². The highest BCUT2D eigenvalue weighted by Crippen LogP contribution is 2.14. The average Bonchev–Trinajstić information content (AvgIpc) is 2.46. The van der Waals surface area contributed by atoms with Gasteiger partial charge in [0, 0.05) is 6.54 Å². The van der Waals surface area contributed by atoms with Crippen LogP contribution in [0.3, 0.4) is 0 Å². The fourth-order valence-corrected chi connectivity index (χ4v) is 1.67. The highest BCUT2D eigenvalue weighted by molar-refractivity contribution is 5.80. The summed E-state index contributed by atoms with van der Waals surface area (Å²) in [5.41, 5.74) is -0.884. The molecule has 0 fully saturated rings. The van der Waals surface area contributed by atoms with Crippen LogP contribution in [0, 0.1) is 5.82 Å². The van der Waals surface area contributed by atoms with E-state index < -0.39 is 11.7 Å². The minimum absolute atomic E-state index is 0.190. The van der Waals surface area contributed by atoms with Crippen LogP contribution in [0.5, 0.6) is 5.75 Å². The Balaban J connectivity index is 2.49. The standard InChI is InChI=1S/C15H22FNO3/c1-4-15(19,5-2)10-17-14(18)11(3)20-13-8-6-12(16)7-9-13/h6-9,11,19H,4-5,10H2,1-3H3,(H,17,18). The molecular formula is C15H22FNO3. The summed E-state index contributed by atoms with van der Waals surface area (Å²) in [5, 5.41) is 12.8. The van der Waals surface area contributed by atoms with E-state index in [2.05, 4.69) is 5.32 Å². The second-order valence-corrected chi connectivity index (χ2v) is 4.86. The van der Waals surface area contributed by atoms with Crippen LogP contribution in [-0.4, -0.2) is 29.3 Å². The zero-order valence-electron chi connectivity index (χ0n) is 12.1. The maximum Gasteiger partial charge on any atom is 0.260 e. The Morgan fingerprint density at radius 1 is 1.35 bits per heavy atom. The molecule has 0 aliphatic carbocycles. The Morgan fingerprint density at radius 2 is 1.90 bits per heavy atom. The molecule has 1 amide bonds. The Morgan fingerprint density at radius 3 is 2.40 bits per heavy atom. The first kappa shape index (κ1) is 16.4. The second kappa shape index (κ2) is 7.24. The lowest BCUT2D eigenvalue weighted by atomic mass is 9.97. The Kier molecular flexibility index (Phi) is 5.95. The van der Waals surface area contributed by atoms with Gasteiger partial charge in [0.05, 0.1) is 5.60 Å². The lowest BCUT2D eigenvalue weighted by Gasteiger charge is -2.26. The van der Waals surface area contributed by atoms with Crippen molar-refractivity contribution in [2.24, 2.45) is 0 Å². The van der Waals surface area contributed by atoms with E-state index in [1.54, 1.807) is 6.92 Å². The first-order valence-electron chi connectivity index (χ1n) is 6.82. The van der Waals surface area contributed by atoms with E-state index in [9.17, 15) is 14.3 Å². The lowest BCUT2D eigenvalue weighted by molar-refractivity contribution is -0.128. The summed E-state index contributed by atoms with van der Waals surface area (Å²) in [7, 11) is 0. The summed E-state index contributed by atoms with van der Waals surface area (Å²) < 4.78 is 18.2. The number of rotatable bonds is 7. The van der Waals surface area contributed by atoms with Gasteiger partial charge >= 0.3 is 0 Å². The van der Waals surface area contributed by atoms with E-state index in [4.69, 9.17) is 4.74 Å². The van der Waals surface area contributed by atoms with Gasteiger partial charge in [-0.2, -0.15) is 0 Å². The van der Waals surface area contributed by atoms with Crippen molar-refractivity contribution in [2.75, 3.05) is 6.54 Å². The van der Waals surface area contributed by atoms with Crippen LogP contribution in [-0.2, 0) is 4.79 Å². The number of carbonyl (C=O) groups is 1. The zero-order valence-corrected chi connectivity index (χ0v) is 12.1. The molecule has 0 heterocycles. The van der Waals surface area contributed by atoms with Gasteiger partial charge in [0.2, 0.25) is 0 Å². The van der Waals surface area contributed by atoms with Crippen molar-refractivity contribution in [2.45, 2.75) is 45.3 Å². The summed E-state index contributed by atoms with van der Waals surface area (Å²) in [6.45, 7) is 5.54. The smallest absolute Gasteiger partial charge is 0.260 e. The average molecular weight is 283 g/mol. The van der Waals surface area contributed by atoms with Gasteiger partial charge < -0.3 is 15.2 Å². The zero-order chi connectivity index (χ0) is 15.2. The maximum atomic E-state index is 12.7. The van der Waals surface area contributed by atoms with Crippen LogP contribution in [0.15, 0.2) is 24.3 Å². The molecule has 0 saturated carbocycles. The molecule has 0 radical (unpaired) electrons. The van der Waals surface area contributed by atoms with Crippen LogP contribution in [0.1, 0.15) is 33.6 Å². The van der Waals surface area contributed by atoms with Gasteiger partial charge in [-0.05, 0) is 44.0 Å². The summed E-state index contributed by atoms with van der Waals surface area (Å²) in [4.78, 5) is 11.9. The van der Waals surface area contributed by atoms with Crippen LogP contribution < -0.4 is 10.1 Å². The first-order chi connectivity index (χ1) is 9.40. The first-order valence-corrected chi connectivity index (χ1v) is 6.82. The van der Waals surface area contributed by atoms with Gasteiger partial charge in [0.15, 0.2) is 6.10 Å². The van der Waals surface area contributed by atoms with E-state index in [1.165, 1.54) is 24.3 Å². The lowest BCUT2D eigenvalue weighted by Crippen LogP contribution is -2.46. The Hall–Kier alpha value is -1.62. The molecule has 0 spiro atoms. The van der Waals surface area contributed by atoms with Crippen molar-refractivity contribution in [3.63, 3.8) is 0 Å². The number of ether oxygens (including phenoxy) is 1. The molecule has 1 aromatic carbocycles. The summed E-state index contributed by atoms with van der Waals surface area (Å²) >= 11 is 0. The van der Waals surface area contributed by atoms with Crippen molar-refractivity contribution >= 4 is 5.91 Å². The maximum absolute atomic E-state index is 12.7. The molecule has 0 aliphatic heterocycles. The fraction of sp³-hybridized carbons (Fsp3) is 0.533. The molecule has 0 aromatic heterocycles. The van der Waals surface area contributed by atoms with Crippen LogP contribution in [0.4, 0.5) is 4.39 Å². The number of carbonyl (C=O) groups excluding carboxylic acids is 1.